The maximum Gasteiger partial charge on any atom is 0.416 e. The lowest BCUT2D eigenvalue weighted by atomic mass is 9.70. The SMILES string of the molecule is C=N/C=C\C(=C)[C@@H](c1cccc(C2C=C3C(C(F)(F)F)=CC(CN4CCC[C@@H](OCCOC)C4)=CC3C2=O)c1)C1CCC1. The molecule has 4 aliphatic rings. The molecule has 1 aromatic rings. The van der Waals surface area contributed by atoms with Gasteiger partial charge < -0.3 is 9.47 Å². The molecule has 0 bridgehead atoms. The van der Waals surface area contributed by atoms with Crippen molar-refractivity contribution in [1.82, 2.24) is 4.90 Å². The minimum atomic E-state index is -4.56. The molecule has 3 aliphatic carbocycles. The number of fused-ring (bicyclic) bond motifs is 1. The topological polar surface area (TPSA) is 51.1 Å². The first-order valence-corrected chi connectivity index (χ1v) is 15.2. The second-order valence-electron chi connectivity index (χ2n) is 12.1. The number of ether oxygens (including phenoxy) is 2. The summed E-state index contributed by atoms with van der Waals surface area (Å²) in [6.45, 7) is 10.5. The first-order chi connectivity index (χ1) is 20.7. The number of rotatable bonds is 12. The third-order valence-corrected chi connectivity index (χ3v) is 9.17. The van der Waals surface area contributed by atoms with Crippen LogP contribution in [0.4, 0.5) is 13.2 Å². The van der Waals surface area contributed by atoms with E-state index in [-0.39, 0.29) is 23.4 Å². The van der Waals surface area contributed by atoms with E-state index in [1.807, 2.05) is 30.3 Å². The molecule has 0 amide bonds. The van der Waals surface area contributed by atoms with Gasteiger partial charge in [0.15, 0.2) is 5.78 Å². The van der Waals surface area contributed by atoms with Crippen LogP contribution in [-0.2, 0) is 14.3 Å². The van der Waals surface area contributed by atoms with Crippen LogP contribution in [0.2, 0.25) is 0 Å². The molecule has 1 aliphatic heterocycles. The summed E-state index contributed by atoms with van der Waals surface area (Å²) in [5.41, 5.74) is 2.54. The van der Waals surface area contributed by atoms with E-state index in [2.05, 4.69) is 23.2 Å². The van der Waals surface area contributed by atoms with E-state index < -0.39 is 23.6 Å². The largest absolute Gasteiger partial charge is 0.416 e. The van der Waals surface area contributed by atoms with Crippen molar-refractivity contribution < 1.29 is 27.4 Å². The number of Topliss-reactive ketones (excluding diaryl/α,β-unsaturated/α-hetero) is 1. The van der Waals surface area contributed by atoms with Crippen LogP contribution >= 0.6 is 0 Å². The van der Waals surface area contributed by atoms with Gasteiger partial charge in [0.2, 0.25) is 0 Å². The number of piperidine rings is 1. The van der Waals surface area contributed by atoms with Crippen molar-refractivity contribution in [2.24, 2.45) is 16.8 Å². The summed E-state index contributed by atoms with van der Waals surface area (Å²) in [6, 6.07) is 7.76. The summed E-state index contributed by atoms with van der Waals surface area (Å²) in [6.07, 6.45) is 8.61. The van der Waals surface area contributed by atoms with Crippen molar-refractivity contribution in [3.05, 3.63) is 94.8 Å². The number of aliphatic imine (C=N–C) groups is 1. The quantitative estimate of drug-likeness (QED) is 0.147. The number of hydrogen-bond acceptors (Lipinski definition) is 5. The number of carbonyl (C=O) groups excluding carboxylic acids is 1. The number of halogens is 3. The fourth-order valence-electron chi connectivity index (χ4n) is 6.89. The fourth-order valence-corrected chi connectivity index (χ4v) is 6.89. The summed E-state index contributed by atoms with van der Waals surface area (Å²) in [5.74, 6) is -1.38. The van der Waals surface area contributed by atoms with E-state index in [4.69, 9.17) is 9.47 Å². The Morgan fingerprint density at radius 2 is 1.98 bits per heavy atom. The van der Waals surface area contributed by atoms with Crippen LogP contribution in [0, 0.1) is 11.8 Å². The normalized spacial score (nSPS) is 25.5. The minimum Gasteiger partial charge on any atom is -0.382 e. The van der Waals surface area contributed by atoms with E-state index in [0.29, 0.717) is 37.8 Å². The second-order valence-corrected chi connectivity index (χ2v) is 12.1. The van der Waals surface area contributed by atoms with Crippen LogP contribution in [0.5, 0.6) is 0 Å². The average Bonchev–Trinajstić information content (AvgIpc) is 3.29. The molecule has 5 nitrogen and oxygen atoms in total. The molecule has 1 saturated heterocycles. The molecule has 1 heterocycles. The number of nitrogens with zero attached hydrogens (tertiary/aromatic N) is 2. The highest BCUT2D eigenvalue weighted by atomic mass is 19.4. The Labute approximate surface area is 252 Å². The van der Waals surface area contributed by atoms with Gasteiger partial charge in [-0.3, -0.25) is 14.7 Å². The molecule has 8 heteroatoms. The summed E-state index contributed by atoms with van der Waals surface area (Å²) >= 11 is 0. The zero-order chi connectivity index (χ0) is 30.6. The first kappa shape index (κ1) is 31.4. The molecule has 0 N–H and O–H groups in total. The molecule has 230 valence electrons. The van der Waals surface area contributed by atoms with Gasteiger partial charge in [0, 0.05) is 32.3 Å². The Balaban J connectivity index is 1.38. The predicted octanol–water partition coefficient (Wildman–Crippen LogP) is 7.11. The number of carbonyl (C=O) groups is 1. The lowest BCUT2D eigenvalue weighted by Crippen LogP contribution is -2.41. The average molecular weight is 595 g/mol. The highest BCUT2D eigenvalue weighted by Crippen LogP contribution is 2.48. The molecule has 0 radical (unpaired) electrons. The number of methoxy groups -OCH3 is 1. The molecule has 1 aromatic carbocycles. The Morgan fingerprint density at radius 1 is 1.16 bits per heavy atom. The number of ketones is 1. The number of benzene rings is 1. The zero-order valence-corrected chi connectivity index (χ0v) is 24.8. The minimum absolute atomic E-state index is 0.0164. The summed E-state index contributed by atoms with van der Waals surface area (Å²) < 4.78 is 54.1. The smallest absolute Gasteiger partial charge is 0.382 e. The van der Waals surface area contributed by atoms with Crippen molar-refractivity contribution in [3.8, 4) is 0 Å². The molecule has 5 rings (SSSR count). The van der Waals surface area contributed by atoms with Gasteiger partial charge in [0.1, 0.15) is 0 Å². The highest BCUT2D eigenvalue weighted by molar-refractivity contribution is 5.98. The van der Waals surface area contributed by atoms with Gasteiger partial charge in [0.05, 0.1) is 36.7 Å². The summed E-state index contributed by atoms with van der Waals surface area (Å²) in [4.78, 5) is 19.8. The Bertz CT molecular complexity index is 1340. The lowest BCUT2D eigenvalue weighted by molar-refractivity contribution is -0.120. The number of allylic oxidation sites excluding steroid dienone is 6. The summed E-state index contributed by atoms with van der Waals surface area (Å²) in [7, 11) is 1.62. The molecule has 0 spiro atoms. The maximum atomic E-state index is 14.4. The van der Waals surface area contributed by atoms with E-state index in [0.717, 1.165) is 55.3 Å². The fraction of sp³-hybridized carbons (Fsp3) is 0.486. The van der Waals surface area contributed by atoms with Crippen molar-refractivity contribution in [2.75, 3.05) is 40.0 Å². The molecule has 4 atom stereocenters. The van der Waals surface area contributed by atoms with Crippen molar-refractivity contribution in [2.45, 2.75) is 56.2 Å². The van der Waals surface area contributed by atoms with E-state index in [1.165, 1.54) is 12.2 Å². The van der Waals surface area contributed by atoms with Gasteiger partial charge in [0.25, 0.3) is 0 Å². The number of alkyl halides is 3. The molecule has 2 fully saturated rings. The van der Waals surface area contributed by atoms with Crippen molar-refractivity contribution in [1.29, 1.82) is 0 Å². The molecule has 43 heavy (non-hydrogen) atoms. The Hall–Kier alpha value is -3.07. The van der Waals surface area contributed by atoms with Gasteiger partial charge in [-0.25, -0.2) is 0 Å². The van der Waals surface area contributed by atoms with Gasteiger partial charge in [-0.1, -0.05) is 49.4 Å². The number of hydrogen-bond donors (Lipinski definition) is 0. The van der Waals surface area contributed by atoms with Crippen LogP contribution in [0.1, 0.15) is 55.1 Å². The predicted molar refractivity (Wildman–Crippen MR) is 163 cm³/mol. The van der Waals surface area contributed by atoms with E-state index in [1.54, 1.807) is 19.4 Å². The molecule has 1 saturated carbocycles. The second kappa shape index (κ2) is 13.7. The third kappa shape index (κ3) is 7.19. The first-order valence-electron chi connectivity index (χ1n) is 15.2. The standard InChI is InChI=1S/C35H41F3N2O3/c1-23(12-13-39-2)33(25-7-4-8-25)27-10-5-9-26(19-27)29-20-30-31(34(29)41)17-24(18-32(30)35(36,37)38)21-40-14-6-11-28(22-40)43-16-15-42-3/h5,9-10,12-13,17-20,25,28-29,31,33H,1-2,4,6-8,11,14-16,21-22H2,3H3/b13-12-/t28-,29?,31?,33-/m1/s1. The van der Waals surface area contributed by atoms with Crippen LogP contribution in [-0.4, -0.2) is 69.6 Å². The molecule has 0 aromatic heterocycles. The van der Waals surface area contributed by atoms with Crippen LogP contribution in [0.25, 0.3) is 0 Å². The van der Waals surface area contributed by atoms with Gasteiger partial charge in [-0.05, 0) is 84.9 Å². The van der Waals surface area contributed by atoms with E-state index >= 15 is 0 Å². The van der Waals surface area contributed by atoms with Crippen molar-refractivity contribution >= 4 is 12.5 Å². The summed E-state index contributed by atoms with van der Waals surface area (Å²) in [5, 5.41) is 0. The van der Waals surface area contributed by atoms with E-state index in [9.17, 15) is 18.0 Å². The molecular formula is C35H41F3N2O3. The number of likely N-dealkylation sites (tertiary alicyclic amines) is 1. The third-order valence-electron chi connectivity index (χ3n) is 9.17. The van der Waals surface area contributed by atoms with Gasteiger partial charge in [-0.2, -0.15) is 13.2 Å². The highest BCUT2D eigenvalue weighted by Gasteiger charge is 2.46. The zero-order valence-electron chi connectivity index (χ0n) is 24.8. The molecule has 2 unspecified atom stereocenters. The van der Waals surface area contributed by atoms with Crippen LogP contribution < -0.4 is 0 Å². The monoisotopic (exact) mass is 594 g/mol. The Kier molecular flexibility index (Phi) is 9.99. The van der Waals surface area contributed by atoms with Crippen LogP contribution in [0.3, 0.4) is 0 Å². The maximum absolute atomic E-state index is 14.4. The van der Waals surface area contributed by atoms with Crippen molar-refractivity contribution in [3.63, 3.8) is 0 Å². The van der Waals surface area contributed by atoms with Gasteiger partial charge >= 0.3 is 6.18 Å². The van der Waals surface area contributed by atoms with Gasteiger partial charge in [-0.15, -0.1) is 0 Å². The molecular weight excluding hydrogens is 553 g/mol. The van der Waals surface area contributed by atoms with Crippen LogP contribution in [0.15, 0.2) is 88.6 Å². The Morgan fingerprint density at radius 3 is 2.67 bits per heavy atom. The lowest BCUT2D eigenvalue weighted by Gasteiger charge is -2.35.